The minimum atomic E-state index is 0.204. The summed E-state index contributed by atoms with van der Waals surface area (Å²) in [5, 5.41) is 0. The van der Waals surface area contributed by atoms with Gasteiger partial charge in [-0.05, 0) is 70.8 Å². The smallest absolute Gasteiger partial charge is 0.00574 e. The molecule has 0 aromatic heterocycles. The summed E-state index contributed by atoms with van der Waals surface area (Å²) in [4.78, 5) is 0. The average molecular weight is 415 g/mol. The lowest BCUT2D eigenvalue weighted by Crippen LogP contribution is -2.23. The zero-order valence-electron chi connectivity index (χ0n) is 20.4. The fraction of sp³-hybridized carbons (Fsp3) is 0.548. The van der Waals surface area contributed by atoms with E-state index in [0.29, 0.717) is 5.41 Å². The van der Waals surface area contributed by atoms with Crippen LogP contribution in [0.2, 0.25) is 0 Å². The molecule has 0 saturated heterocycles. The van der Waals surface area contributed by atoms with Gasteiger partial charge in [-0.3, -0.25) is 0 Å². The molecule has 0 heteroatoms. The molecular weight excluding hydrogens is 372 g/mol. The van der Waals surface area contributed by atoms with E-state index in [2.05, 4.69) is 76.2 Å². The van der Waals surface area contributed by atoms with E-state index in [-0.39, 0.29) is 5.41 Å². The molecular formula is C31H42. The van der Waals surface area contributed by atoms with Crippen LogP contribution in [0.1, 0.15) is 109 Å². The lowest BCUT2D eigenvalue weighted by Gasteiger charge is -2.36. The Kier molecular flexibility index (Phi) is 6.75. The van der Waals surface area contributed by atoms with Crippen molar-refractivity contribution in [1.82, 2.24) is 0 Å². The van der Waals surface area contributed by atoms with Crippen molar-refractivity contribution < 1.29 is 0 Å². The van der Waals surface area contributed by atoms with Gasteiger partial charge in [0, 0.05) is 0 Å². The molecule has 2 aliphatic rings. The second kappa shape index (κ2) is 9.35. The Labute approximate surface area is 191 Å². The molecule has 1 saturated carbocycles. The number of rotatable bonds is 5. The van der Waals surface area contributed by atoms with Gasteiger partial charge in [-0.2, -0.15) is 0 Å². The highest BCUT2D eigenvalue weighted by molar-refractivity contribution is 5.81. The molecule has 0 aliphatic heterocycles. The first-order valence-corrected chi connectivity index (χ1v) is 12.8. The van der Waals surface area contributed by atoms with Crippen molar-refractivity contribution in [3.05, 3.63) is 64.7 Å². The number of hydrogen-bond donors (Lipinski definition) is 0. The number of allylic oxidation sites excluding steroid dienone is 1. The lowest BCUT2D eigenvalue weighted by molar-refractivity contribution is 0.187. The van der Waals surface area contributed by atoms with Crippen molar-refractivity contribution in [2.45, 2.75) is 104 Å². The fourth-order valence-electron chi connectivity index (χ4n) is 6.13. The normalized spacial score (nSPS) is 18.8. The molecule has 0 nitrogen and oxygen atoms in total. The van der Waals surface area contributed by atoms with Crippen LogP contribution >= 0.6 is 0 Å². The molecule has 2 aromatic carbocycles. The highest BCUT2D eigenvalue weighted by atomic mass is 14.4. The molecule has 0 amide bonds. The molecule has 4 rings (SSSR count). The summed E-state index contributed by atoms with van der Waals surface area (Å²) in [5.41, 5.74) is 9.64. The Morgan fingerprint density at radius 2 is 1.52 bits per heavy atom. The van der Waals surface area contributed by atoms with Crippen LogP contribution in [-0.4, -0.2) is 0 Å². The van der Waals surface area contributed by atoms with Crippen LogP contribution in [0.15, 0.2) is 48.0 Å². The van der Waals surface area contributed by atoms with Gasteiger partial charge in [0.25, 0.3) is 0 Å². The predicted octanol–water partition coefficient (Wildman–Crippen LogP) is 9.51. The Balaban J connectivity index is 1.60. The van der Waals surface area contributed by atoms with E-state index in [9.17, 15) is 0 Å². The van der Waals surface area contributed by atoms with Gasteiger partial charge >= 0.3 is 0 Å². The van der Waals surface area contributed by atoms with Crippen molar-refractivity contribution in [2.75, 3.05) is 0 Å². The molecule has 2 aromatic rings. The van der Waals surface area contributed by atoms with Crippen LogP contribution in [0, 0.1) is 5.41 Å². The van der Waals surface area contributed by atoms with Crippen LogP contribution in [0.25, 0.3) is 17.2 Å². The molecule has 2 aliphatic carbocycles. The van der Waals surface area contributed by atoms with E-state index in [1.165, 1.54) is 92.0 Å². The SMILES string of the molecule is CCCC1(CC2=Cc3c(cccc3-c3ccc(C(C)(C)C)cc3)C2)CCCCCCC1. The van der Waals surface area contributed by atoms with E-state index >= 15 is 0 Å². The Morgan fingerprint density at radius 3 is 2.16 bits per heavy atom. The summed E-state index contributed by atoms with van der Waals surface area (Å²) in [6.07, 6.45) is 17.9. The van der Waals surface area contributed by atoms with Gasteiger partial charge in [-0.1, -0.05) is 120 Å². The van der Waals surface area contributed by atoms with E-state index in [1.807, 2.05) is 0 Å². The van der Waals surface area contributed by atoms with Gasteiger partial charge in [0.1, 0.15) is 0 Å². The van der Waals surface area contributed by atoms with Gasteiger partial charge in [0.15, 0.2) is 0 Å². The summed E-state index contributed by atoms with van der Waals surface area (Å²) >= 11 is 0. The van der Waals surface area contributed by atoms with Crippen molar-refractivity contribution in [2.24, 2.45) is 5.41 Å². The molecule has 0 spiro atoms. The summed E-state index contributed by atoms with van der Waals surface area (Å²) in [6.45, 7) is 9.26. The number of fused-ring (bicyclic) bond motifs is 1. The standard InChI is InChI=1S/C31H42/c1-5-18-31(19-9-7-6-8-10-20-31)23-24-21-26-12-11-13-28(29(26)22-24)25-14-16-27(17-15-25)30(2,3)4/h11-17,22H,5-10,18-21,23H2,1-4H3. The third-order valence-corrected chi connectivity index (χ3v) is 7.82. The van der Waals surface area contributed by atoms with Crippen LogP contribution < -0.4 is 0 Å². The van der Waals surface area contributed by atoms with Crippen LogP contribution in [0.3, 0.4) is 0 Å². The second-order valence-electron chi connectivity index (χ2n) is 11.4. The van der Waals surface area contributed by atoms with Gasteiger partial charge in [0.2, 0.25) is 0 Å². The van der Waals surface area contributed by atoms with Gasteiger partial charge in [-0.25, -0.2) is 0 Å². The maximum atomic E-state index is 2.57. The van der Waals surface area contributed by atoms with Crippen LogP contribution in [-0.2, 0) is 11.8 Å². The number of benzene rings is 2. The van der Waals surface area contributed by atoms with E-state index < -0.39 is 0 Å². The van der Waals surface area contributed by atoms with E-state index in [1.54, 1.807) is 5.57 Å². The molecule has 31 heavy (non-hydrogen) atoms. The lowest BCUT2D eigenvalue weighted by atomic mass is 9.69. The second-order valence-corrected chi connectivity index (χ2v) is 11.4. The van der Waals surface area contributed by atoms with Crippen molar-refractivity contribution in [3.63, 3.8) is 0 Å². The summed E-state index contributed by atoms with van der Waals surface area (Å²) in [5.74, 6) is 0. The summed E-state index contributed by atoms with van der Waals surface area (Å²) in [6, 6.07) is 16.2. The Morgan fingerprint density at radius 1 is 0.839 bits per heavy atom. The first kappa shape index (κ1) is 22.4. The molecule has 0 radical (unpaired) electrons. The Bertz CT molecular complexity index is 896. The third-order valence-electron chi connectivity index (χ3n) is 7.82. The largest absolute Gasteiger partial charge is 0.0654 e. The zero-order chi connectivity index (χ0) is 21.9. The molecule has 0 heterocycles. The van der Waals surface area contributed by atoms with Crippen LogP contribution in [0.5, 0.6) is 0 Å². The quantitative estimate of drug-likeness (QED) is 0.457. The van der Waals surface area contributed by atoms with Gasteiger partial charge in [0.05, 0.1) is 0 Å². The van der Waals surface area contributed by atoms with Crippen molar-refractivity contribution >= 4 is 6.08 Å². The fourth-order valence-corrected chi connectivity index (χ4v) is 6.13. The summed E-state index contributed by atoms with van der Waals surface area (Å²) in [7, 11) is 0. The minimum Gasteiger partial charge on any atom is -0.0654 e. The highest BCUT2D eigenvalue weighted by Crippen LogP contribution is 2.46. The molecule has 166 valence electrons. The number of hydrogen-bond acceptors (Lipinski definition) is 0. The zero-order valence-corrected chi connectivity index (χ0v) is 20.4. The maximum absolute atomic E-state index is 2.57. The molecule has 0 unspecified atom stereocenters. The van der Waals surface area contributed by atoms with Crippen molar-refractivity contribution in [3.8, 4) is 11.1 Å². The van der Waals surface area contributed by atoms with Gasteiger partial charge < -0.3 is 0 Å². The van der Waals surface area contributed by atoms with Crippen LogP contribution in [0.4, 0.5) is 0 Å². The first-order chi connectivity index (χ1) is 14.9. The topological polar surface area (TPSA) is 0 Å². The highest BCUT2D eigenvalue weighted by Gasteiger charge is 2.31. The van der Waals surface area contributed by atoms with E-state index in [4.69, 9.17) is 0 Å². The molecule has 0 bridgehead atoms. The monoisotopic (exact) mass is 414 g/mol. The summed E-state index contributed by atoms with van der Waals surface area (Å²) < 4.78 is 0. The predicted molar refractivity (Wildman–Crippen MR) is 137 cm³/mol. The van der Waals surface area contributed by atoms with Gasteiger partial charge in [-0.15, -0.1) is 0 Å². The van der Waals surface area contributed by atoms with Crippen molar-refractivity contribution in [1.29, 1.82) is 0 Å². The Hall–Kier alpha value is -1.82. The minimum absolute atomic E-state index is 0.204. The van der Waals surface area contributed by atoms with E-state index in [0.717, 1.165) is 6.42 Å². The average Bonchev–Trinajstić information content (AvgIpc) is 3.13. The molecule has 1 fully saturated rings. The first-order valence-electron chi connectivity index (χ1n) is 12.8. The third kappa shape index (κ3) is 5.16. The molecule has 0 N–H and O–H groups in total. The maximum Gasteiger partial charge on any atom is -0.00574 e. The molecule has 0 atom stereocenters.